The first-order chi connectivity index (χ1) is 19.8. The number of methoxy groups -OCH3 is 3. The van der Waals surface area contributed by atoms with E-state index < -0.39 is 29.9 Å². The fourth-order valence-electron chi connectivity index (χ4n) is 4.45. The van der Waals surface area contributed by atoms with E-state index in [1.54, 1.807) is 61.5 Å². The first-order valence-corrected chi connectivity index (χ1v) is 12.9. The number of carbonyl (C=O) groups excluding carboxylic acids is 4. The Morgan fingerprint density at radius 1 is 0.854 bits per heavy atom. The van der Waals surface area contributed by atoms with Crippen molar-refractivity contribution in [2.24, 2.45) is 0 Å². The van der Waals surface area contributed by atoms with Gasteiger partial charge < -0.3 is 29.2 Å². The molecule has 3 aromatic rings. The molecular formula is C30H31N3O8. The normalized spacial score (nSPS) is 14.6. The van der Waals surface area contributed by atoms with E-state index in [0.29, 0.717) is 39.8 Å². The number of ether oxygens (including phenoxy) is 4. The van der Waals surface area contributed by atoms with Gasteiger partial charge in [-0.3, -0.25) is 9.59 Å². The predicted octanol–water partition coefficient (Wildman–Crippen LogP) is 4.26. The minimum absolute atomic E-state index is 0.0454. The molecule has 1 aliphatic rings. The van der Waals surface area contributed by atoms with E-state index in [1.165, 1.54) is 38.4 Å². The molecule has 0 aromatic heterocycles. The van der Waals surface area contributed by atoms with Crippen LogP contribution < -0.4 is 24.4 Å². The summed E-state index contributed by atoms with van der Waals surface area (Å²) in [6, 6.07) is 16.3. The average Bonchev–Trinajstić information content (AvgIpc) is 3.21. The van der Waals surface area contributed by atoms with Crippen LogP contribution in [0.25, 0.3) is 0 Å². The van der Waals surface area contributed by atoms with Crippen LogP contribution in [0.4, 0.5) is 16.2 Å². The molecule has 0 aliphatic carbocycles. The molecule has 1 heterocycles. The second-order valence-corrected chi connectivity index (χ2v) is 9.04. The fraction of sp³-hybridized carbons (Fsp3) is 0.267. The van der Waals surface area contributed by atoms with E-state index in [2.05, 4.69) is 5.32 Å². The lowest BCUT2D eigenvalue weighted by molar-refractivity contribution is -0.124. The summed E-state index contributed by atoms with van der Waals surface area (Å²) in [4.78, 5) is 54.7. The van der Waals surface area contributed by atoms with Gasteiger partial charge in [0.2, 0.25) is 5.91 Å². The number of rotatable bonds is 11. The topological polar surface area (TPSA) is 124 Å². The Bertz CT molecular complexity index is 1420. The molecule has 1 N–H and O–H groups in total. The fourth-order valence-corrected chi connectivity index (χ4v) is 4.45. The number of carbonyl (C=O) groups is 4. The smallest absolute Gasteiger partial charge is 0.338 e. The number of hydrogen-bond acceptors (Lipinski definition) is 8. The van der Waals surface area contributed by atoms with Crippen LogP contribution in [0.5, 0.6) is 17.2 Å². The van der Waals surface area contributed by atoms with Crippen LogP contribution in [0.15, 0.2) is 66.7 Å². The van der Waals surface area contributed by atoms with Crippen molar-refractivity contribution in [1.82, 2.24) is 4.90 Å². The zero-order valence-electron chi connectivity index (χ0n) is 23.2. The van der Waals surface area contributed by atoms with Crippen molar-refractivity contribution in [1.29, 1.82) is 0 Å². The number of esters is 1. The molecule has 0 spiro atoms. The molecule has 1 unspecified atom stereocenters. The van der Waals surface area contributed by atoms with Crippen LogP contribution in [0.1, 0.15) is 29.3 Å². The van der Waals surface area contributed by atoms with Gasteiger partial charge in [0.05, 0.1) is 45.6 Å². The average molecular weight is 562 g/mol. The third-order valence-corrected chi connectivity index (χ3v) is 6.51. The highest BCUT2D eigenvalue weighted by Gasteiger charge is 2.46. The van der Waals surface area contributed by atoms with Crippen molar-refractivity contribution in [2.45, 2.75) is 25.9 Å². The summed E-state index contributed by atoms with van der Waals surface area (Å²) in [5.74, 6) is 0.0764. The van der Waals surface area contributed by atoms with Crippen LogP contribution in [0, 0.1) is 0 Å². The molecule has 3 aromatic carbocycles. The zero-order chi connectivity index (χ0) is 29.5. The van der Waals surface area contributed by atoms with Gasteiger partial charge in [-0.15, -0.1) is 0 Å². The summed E-state index contributed by atoms with van der Waals surface area (Å²) < 4.78 is 20.9. The van der Waals surface area contributed by atoms with E-state index >= 15 is 0 Å². The number of nitrogens with zero attached hydrogens (tertiary/aromatic N) is 2. The molecular weight excluding hydrogens is 530 g/mol. The molecule has 41 heavy (non-hydrogen) atoms. The summed E-state index contributed by atoms with van der Waals surface area (Å²) >= 11 is 0. The van der Waals surface area contributed by atoms with Crippen LogP contribution >= 0.6 is 0 Å². The first kappa shape index (κ1) is 28.9. The Labute approximate surface area is 237 Å². The van der Waals surface area contributed by atoms with Gasteiger partial charge in [0.15, 0.2) is 11.5 Å². The van der Waals surface area contributed by atoms with E-state index in [1.807, 2.05) is 0 Å². The third kappa shape index (κ3) is 6.40. The number of hydrogen-bond donors (Lipinski definition) is 1. The van der Waals surface area contributed by atoms with Crippen molar-refractivity contribution in [3.63, 3.8) is 0 Å². The van der Waals surface area contributed by atoms with Gasteiger partial charge in [-0.25, -0.2) is 14.5 Å². The van der Waals surface area contributed by atoms with Crippen molar-refractivity contribution in [3.8, 4) is 17.2 Å². The summed E-state index contributed by atoms with van der Waals surface area (Å²) in [5.41, 5.74) is 1.81. The maximum atomic E-state index is 13.6. The van der Waals surface area contributed by atoms with Gasteiger partial charge >= 0.3 is 12.0 Å². The lowest BCUT2D eigenvalue weighted by Gasteiger charge is -2.22. The Balaban J connectivity index is 1.58. The monoisotopic (exact) mass is 561 g/mol. The minimum Gasteiger partial charge on any atom is -0.497 e. The molecule has 1 aliphatic heterocycles. The molecule has 4 amide bonds. The summed E-state index contributed by atoms with van der Waals surface area (Å²) in [5, 5.41) is 2.74. The predicted molar refractivity (Wildman–Crippen MR) is 150 cm³/mol. The number of imide groups is 1. The van der Waals surface area contributed by atoms with Gasteiger partial charge in [0.1, 0.15) is 11.8 Å². The zero-order valence-corrected chi connectivity index (χ0v) is 23.2. The maximum absolute atomic E-state index is 13.6. The van der Waals surface area contributed by atoms with Gasteiger partial charge in [0, 0.05) is 12.2 Å². The Morgan fingerprint density at radius 3 is 2.15 bits per heavy atom. The van der Waals surface area contributed by atoms with Crippen molar-refractivity contribution >= 4 is 35.2 Å². The molecule has 0 saturated carbocycles. The van der Waals surface area contributed by atoms with E-state index in [-0.39, 0.29) is 19.6 Å². The van der Waals surface area contributed by atoms with Gasteiger partial charge in [-0.05, 0) is 73.2 Å². The highest BCUT2D eigenvalue weighted by atomic mass is 16.5. The van der Waals surface area contributed by atoms with Crippen molar-refractivity contribution in [3.05, 3.63) is 77.9 Å². The second-order valence-electron chi connectivity index (χ2n) is 9.04. The van der Waals surface area contributed by atoms with Crippen LogP contribution in [0.3, 0.4) is 0 Å². The first-order valence-electron chi connectivity index (χ1n) is 12.9. The Morgan fingerprint density at radius 2 is 1.54 bits per heavy atom. The lowest BCUT2D eigenvalue weighted by atomic mass is 10.1. The number of anilines is 2. The number of benzene rings is 3. The van der Waals surface area contributed by atoms with Gasteiger partial charge in [-0.1, -0.05) is 6.07 Å². The Kier molecular flexibility index (Phi) is 9.08. The molecule has 0 radical (unpaired) electrons. The minimum atomic E-state index is -1.07. The molecule has 11 nitrogen and oxygen atoms in total. The summed E-state index contributed by atoms with van der Waals surface area (Å²) in [6.45, 7) is 2.01. The van der Waals surface area contributed by atoms with Crippen molar-refractivity contribution < 1.29 is 38.1 Å². The van der Waals surface area contributed by atoms with Crippen LogP contribution in [-0.4, -0.2) is 62.7 Å². The lowest BCUT2D eigenvalue weighted by Crippen LogP contribution is -2.37. The highest BCUT2D eigenvalue weighted by molar-refractivity contribution is 6.22. The summed E-state index contributed by atoms with van der Waals surface area (Å²) in [6.07, 6.45) is -0.288. The maximum Gasteiger partial charge on any atom is 0.338 e. The molecule has 1 saturated heterocycles. The molecule has 214 valence electrons. The van der Waals surface area contributed by atoms with Gasteiger partial charge in [-0.2, -0.15) is 0 Å². The molecule has 1 fully saturated rings. The van der Waals surface area contributed by atoms with E-state index in [9.17, 15) is 19.2 Å². The van der Waals surface area contributed by atoms with E-state index in [4.69, 9.17) is 18.9 Å². The SMILES string of the molecule is CCOC(=O)c1ccc(NC(=O)CC2C(=O)N(c3ccc(OC)cc3)C(=O)N2Cc2ccc(OC)c(OC)c2)cc1. The quantitative estimate of drug-likeness (QED) is 0.272. The van der Waals surface area contributed by atoms with Crippen molar-refractivity contribution in [2.75, 3.05) is 38.2 Å². The molecule has 11 heteroatoms. The van der Waals surface area contributed by atoms with E-state index in [0.717, 1.165) is 4.90 Å². The van der Waals surface area contributed by atoms with Crippen LogP contribution in [0.2, 0.25) is 0 Å². The number of nitrogens with one attached hydrogen (secondary N) is 1. The number of urea groups is 1. The Hall–Kier alpha value is -5.06. The van der Waals surface area contributed by atoms with Gasteiger partial charge in [0.25, 0.3) is 5.91 Å². The second kappa shape index (κ2) is 12.9. The summed E-state index contributed by atoms with van der Waals surface area (Å²) in [7, 11) is 4.54. The van der Waals surface area contributed by atoms with Crippen LogP contribution in [-0.2, 0) is 20.9 Å². The molecule has 0 bridgehead atoms. The number of amides is 4. The third-order valence-electron chi connectivity index (χ3n) is 6.51. The standard InChI is InChI=1S/C30H31N3O8/c1-5-41-29(36)20-7-9-21(10-8-20)31-27(34)17-24-28(35)33(22-11-13-23(38-2)14-12-22)30(37)32(24)18-19-6-15-25(39-3)26(16-19)40-4/h6-16,24H,5,17-18H2,1-4H3,(H,31,34). The molecule has 4 rings (SSSR count). The molecule has 1 atom stereocenters. The largest absolute Gasteiger partial charge is 0.497 e. The highest BCUT2D eigenvalue weighted by Crippen LogP contribution is 2.32.